The van der Waals surface area contributed by atoms with Crippen LogP contribution in [0.25, 0.3) is 21.9 Å². The van der Waals surface area contributed by atoms with Crippen LogP contribution in [0, 0.1) is 5.82 Å². The Labute approximate surface area is 250 Å². The number of rotatable bonds is 14. The highest BCUT2D eigenvalue weighted by atomic mass is 19.1. The van der Waals surface area contributed by atoms with Crippen molar-refractivity contribution in [1.82, 2.24) is 15.6 Å². The van der Waals surface area contributed by atoms with Gasteiger partial charge in [0.1, 0.15) is 11.6 Å². The molecule has 2 amide bonds. The normalized spacial score (nSPS) is 11.7. The van der Waals surface area contributed by atoms with Crippen LogP contribution < -0.4 is 16.0 Å². The first kappa shape index (κ1) is 31.2. The summed E-state index contributed by atoms with van der Waals surface area (Å²) in [6.07, 6.45) is 2.53. The molecule has 0 spiro atoms. The average Bonchev–Trinajstić information content (AvgIpc) is 2.99. The molecule has 0 aliphatic carbocycles. The highest BCUT2D eigenvalue weighted by Crippen LogP contribution is 2.34. The van der Waals surface area contributed by atoms with Crippen molar-refractivity contribution in [2.24, 2.45) is 0 Å². The zero-order chi connectivity index (χ0) is 30.8. The second-order valence-electron chi connectivity index (χ2n) is 10.8. The van der Waals surface area contributed by atoms with Crippen LogP contribution in [0.1, 0.15) is 62.6 Å². The second-order valence-corrected chi connectivity index (χ2v) is 10.8. The Kier molecular flexibility index (Phi) is 10.8. The fraction of sp³-hybridized carbons (Fsp3) is 0.294. The van der Waals surface area contributed by atoms with E-state index in [0.29, 0.717) is 36.7 Å². The Morgan fingerprint density at radius 3 is 2.35 bits per heavy atom. The Morgan fingerprint density at radius 1 is 0.907 bits per heavy atom. The molecule has 0 unspecified atom stereocenters. The quantitative estimate of drug-likeness (QED) is 0.131. The van der Waals surface area contributed by atoms with Crippen LogP contribution in [0.4, 0.5) is 10.2 Å². The number of pyridine rings is 1. The molecule has 8 nitrogen and oxygen atoms in total. The van der Waals surface area contributed by atoms with Crippen molar-refractivity contribution in [3.63, 3.8) is 0 Å². The number of hydrogen-bond donors (Lipinski definition) is 4. The second kappa shape index (κ2) is 14.9. The number of unbranched alkanes of at least 4 members (excludes halogenated alkanes) is 1. The fourth-order valence-corrected chi connectivity index (χ4v) is 5.04. The summed E-state index contributed by atoms with van der Waals surface area (Å²) in [6.45, 7) is 4.62. The van der Waals surface area contributed by atoms with Crippen LogP contribution in [0.2, 0.25) is 0 Å². The van der Waals surface area contributed by atoms with Gasteiger partial charge in [-0.3, -0.25) is 14.4 Å². The average molecular weight is 585 g/mol. The predicted molar refractivity (Wildman–Crippen MR) is 166 cm³/mol. The van der Waals surface area contributed by atoms with Gasteiger partial charge in [0.25, 0.3) is 0 Å². The number of amides is 2. The first-order valence-corrected chi connectivity index (χ1v) is 14.5. The molecule has 0 aliphatic heterocycles. The summed E-state index contributed by atoms with van der Waals surface area (Å²) in [6, 6.07) is 21.9. The van der Waals surface area contributed by atoms with Crippen molar-refractivity contribution in [1.29, 1.82) is 0 Å². The summed E-state index contributed by atoms with van der Waals surface area (Å²) >= 11 is 0. The number of fused-ring (bicyclic) bond motifs is 1. The van der Waals surface area contributed by atoms with Crippen LogP contribution in [0.5, 0.6) is 0 Å². The number of nitrogens with zero attached hydrogens (tertiary/aromatic N) is 1. The highest BCUT2D eigenvalue weighted by Gasteiger charge is 2.19. The minimum atomic E-state index is -1.05. The van der Waals surface area contributed by atoms with E-state index in [2.05, 4.69) is 59.0 Å². The van der Waals surface area contributed by atoms with E-state index in [1.54, 1.807) is 0 Å². The van der Waals surface area contributed by atoms with Crippen LogP contribution in [-0.2, 0) is 14.4 Å². The molecular formula is C34H37FN4O4. The fourth-order valence-electron chi connectivity index (χ4n) is 5.04. The molecule has 3 aromatic carbocycles. The first-order chi connectivity index (χ1) is 20.7. The Morgan fingerprint density at radius 2 is 1.65 bits per heavy atom. The van der Waals surface area contributed by atoms with Gasteiger partial charge < -0.3 is 21.1 Å². The minimum Gasteiger partial charge on any atom is -0.481 e. The molecule has 9 heteroatoms. The number of anilines is 1. The van der Waals surface area contributed by atoms with E-state index in [0.717, 1.165) is 16.5 Å². The zero-order valence-corrected chi connectivity index (χ0v) is 24.4. The van der Waals surface area contributed by atoms with Crippen LogP contribution in [-0.4, -0.2) is 41.0 Å². The maximum Gasteiger partial charge on any atom is 0.305 e. The van der Waals surface area contributed by atoms with Gasteiger partial charge in [-0.2, -0.15) is 0 Å². The van der Waals surface area contributed by atoms with Gasteiger partial charge in [-0.05, 0) is 57.9 Å². The number of nitrogens with one attached hydrogen (secondary N) is 3. The maximum atomic E-state index is 13.2. The summed E-state index contributed by atoms with van der Waals surface area (Å²) in [5, 5.41) is 20.2. The van der Waals surface area contributed by atoms with Crippen molar-refractivity contribution < 1.29 is 23.9 Å². The molecule has 224 valence electrons. The van der Waals surface area contributed by atoms with Crippen LogP contribution in [0.3, 0.4) is 0 Å². The first-order valence-electron chi connectivity index (χ1n) is 14.5. The number of aromatic nitrogens is 1. The molecular weight excluding hydrogens is 547 g/mol. The van der Waals surface area contributed by atoms with E-state index >= 15 is 0 Å². The van der Waals surface area contributed by atoms with Gasteiger partial charge in [-0.1, -0.05) is 74.5 Å². The summed E-state index contributed by atoms with van der Waals surface area (Å²) in [5.74, 6) is -1.36. The van der Waals surface area contributed by atoms with E-state index in [1.807, 2.05) is 36.4 Å². The zero-order valence-electron chi connectivity index (χ0n) is 24.4. The number of benzene rings is 3. The largest absolute Gasteiger partial charge is 0.481 e. The van der Waals surface area contributed by atoms with E-state index in [9.17, 15) is 23.9 Å². The van der Waals surface area contributed by atoms with Gasteiger partial charge in [-0.15, -0.1) is 0 Å². The summed E-state index contributed by atoms with van der Waals surface area (Å²) in [4.78, 5) is 40.4. The molecule has 1 aromatic heterocycles. The van der Waals surface area contributed by atoms with E-state index < -0.39 is 17.9 Å². The number of hydrogen-bond acceptors (Lipinski definition) is 5. The molecule has 0 aliphatic rings. The van der Waals surface area contributed by atoms with Crippen LogP contribution in [0.15, 0.2) is 79.0 Å². The predicted octanol–water partition coefficient (Wildman–Crippen LogP) is 6.19. The Balaban J connectivity index is 1.31. The van der Waals surface area contributed by atoms with Gasteiger partial charge in [0.05, 0.1) is 19.0 Å². The minimum absolute atomic E-state index is 0.221. The molecule has 4 rings (SSSR count). The molecule has 0 bridgehead atoms. The lowest BCUT2D eigenvalue weighted by Gasteiger charge is -2.19. The molecule has 4 N–H and O–H groups in total. The molecule has 0 saturated carbocycles. The molecule has 1 heterocycles. The van der Waals surface area contributed by atoms with Gasteiger partial charge in [0, 0.05) is 25.2 Å². The topological polar surface area (TPSA) is 120 Å². The third-order valence-electron chi connectivity index (χ3n) is 7.22. The van der Waals surface area contributed by atoms with Crippen LogP contribution >= 0.6 is 0 Å². The summed E-state index contributed by atoms with van der Waals surface area (Å²) in [7, 11) is 0. The molecule has 1 atom stereocenters. The van der Waals surface area contributed by atoms with Crippen molar-refractivity contribution in [2.75, 3.05) is 18.4 Å². The standard InChI is InChI=1S/C34H37FN4O4/c1-22(2)26-14-15-27(29-8-4-3-7-28(26)29)23-10-12-24(13-11-23)30(20-34(42)43)39-33(41)21-38-32(40)9-5-6-17-36-31-19-25(35)16-18-37-31/h3-4,7-8,10-16,18-19,22,30H,5-6,9,17,20-21H2,1-2H3,(H,36,37)(H,38,40)(H,39,41)(H,42,43)/t30-/m0/s1. The lowest BCUT2D eigenvalue weighted by Crippen LogP contribution is -2.39. The van der Waals surface area contributed by atoms with Gasteiger partial charge >= 0.3 is 5.97 Å². The number of halogens is 1. The van der Waals surface area contributed by atoms with E-state index in [4.69, 9.17) is 0 Å². The molecule has 4 aromatic rings. The van der Waals surface area contributed by atoms with Gasteiger partial charge in [-0.25, -0.2) is 9.37 Å². The van der Waals surface area contributed by atoms with Crippen molar-refractivity contribution in [3.8, 4) is 11.1 Å². The number of aliphatic carboxylic acids is 1. The van der Waals surface area contributed by atoms with E-state index in [1.165, 1.54) is 29.3 Å². The molecule has 0 radical (unpaired) electrons. The summed E-state index contributed by atoms with van der Waals surface area (Å²) < 4.78 is 13.2. The maximum absolute atomic E-state index is 13.2. The monoisotopic (exact) mass is 584 g/mol. The SMILES string of the molecule is CC(C)c1ccc(-c2ccc([C@H](CC(=O)O)NC(=O)CNC(=O)CCCCNc3cc(F)ccn3)cc2)c2ccccc12. The van der Waals surface area contributed by atoms with Crippen molar-refractivity contribution >= 4 is 34.4 Å². The van der Waals surface area contributed by atoms with Gasteiger partial charge in [0.15, 0.2) is 0 Å². The highest BCUT2D eigenvalue weighted by molar-refractivity contribution is 5.98. The third kappa shape index (κ3) is 8.85. The number of carboxylic acid groups (broad SMARTS) is 1. The number of carboxylic acids is 1. The number of carbonyl (C=O) groups is 3. The summed E-state index contributed by atoms with van der Waals surface area (Å²) in [5.41, 5.74) is 4.01. The molecule has 0 fully saturated rings. The Bertz CT molecular complexity index is 1570. The van der Waals surface area contributed by atoms with Gasteiger partial charge in [0.2, 0.25) is 11.8 Å². The molecule has 43 heavy (non-hydrogen) atoms. The van der Waals surface area contributed by atoms with E-state index in [-0.39, 0.29) is 31.1 Å². The molecule has 0 saturated heterocycles. The lowest BCUT2D eigenvalue weighted by molar-refractivity contribution is -0.138. The van der Waals surface area contributed by atoms with Crippen molar-refractivity contribution in [3.05, 3.63) is 95.9 Å². The number of carbonyl (C=O) groups excluding carboxylic acids is 2. The Hall–Kier alpha value is -4.79. The third-order valence-corrected chi connectivity index (χ3v) is 7.22. The lowest BCUT2D eigenvalue weighted by atomic mass is 9.90. The smallest absolute Gasteiger partial charge is 0.305 e. The van der Waals surface area contributed by atoms with Crippen molar-refractivity contribution in [2.45, 2.75) is 51.5 Å².